The zero-order valence-electron chi connectivity index (χ0n) is 12.2. The molecule has 6 heteroatoms. The largest absolute Gasteiger partial charge is 0.363 e. The Kier molecular flexibility index (Phi) is 4.32. The monoisotopic (exact) mass is 327 g/mol. The van der Waals surface area contributed by atoms with Gasteiger partial charge >= 0.3 is 0 Å². The average Bonchev–Trinajstić information content (AvgIpc) is 2.96. The van der Waals surface area contributed by atoms with E-state index in [1.54, 1.807) is 16.4 Å². The fourth-order valence-corrected chi connectivity index (χ4v) is 5.52. The molecule has 1 aromatic carbocycles. The lowest BCUT2D eigenvalue weighted by Gasteiger charge is -2.37. The lowest BCUT2D eigenvalue weighted by Crippen LogP contribution is -2.44. The normalized spacial score (nSPS) is 22.7. The van der Waals surface area contributed by atoms with Crippen LogP contribution in [0, 0.1) is 0 Å². The zero-order valence-corrected chi connectivity index (χ0v) is 13.9. The number of hydrogen-bond acceptors (Lipinski definition) is 4. The molecule has 0 radical (unpaired) electrons. The van der Waals surface area contributed by atoms with E-state index < -0.39 is 10.0 Å². The molecule has 2 heterocycles. The summed E-state index contributed by atoms with van der Waals surface area (Å²) in [5.74, 6) is 1.02. The Morgan fingerprint density at radius 3 is 2.43 bits per heavy atom. The minimum atomic E-state index is -3.36. The SMILES string of the molecule is CCc1ccc(S(=O)(=O)N2CCC3(CC2)OCCS3)cc1. The number of sulfonamides is 1. The van der Waals surface area contributed by atoms with E-state index in [2.05, 4.69) is 6.92 Å². The molecule has 2 aliphatic rings. The van der Waals surface area contributed by atoms with Crippen LogP contribution in [0.15, 0.2) is 29.2 Å². The van der Waals surface area contributed by atoms with E-state index >= 15 is 0 Å². The zero-order chi connectivity index (χ0) is 14.9. The molecule has 21 heavy (non-hydrogen) atoms. The molecule has 2 aliphatic heterocycles. The van der Waals surface area contributed by atoms with E-state index in [1.807, 2.05) is 23.9 Å². The molecule has 0 unspecified atom stereocenters. The number of piperidine rings is 1. The van der Waals surface area contributed by atoms with Crippen LogP contribution in [-0.4, -0.2) is 43.1 Å². The van der Waals surface area contributed by atoms with Crippen molar-refractivity contribution in [2.75, 3.05) is 25.4 Å². The van der Waals surface area contributed by atoms with Gasteiger partial charge in [-0.15, -0.1) is 11.8 Å². The summed E-state index contributed by atoms with van der Waals surface area (Å²) >= 11 is 1.84. The maximum absolute atomic E-state index is 12.7. The van der Waals surface area contributed by atoms with Crippen molar-refractivity contribution in [3.8, 4) is 0 Å². The van der Waals surface area contributed by atoms with Gasteiger partial charge in [-0.05, 0) is 37.0 Å². The molecular weight excluding hydrogens is 306 g/mol. The van der Waals surface area contributed by atoms with Crippen molar-refractivity contribution in [1.82, 2.24) is 4.31 Å². The Balaban J connectivity index is 1.73. The van der Waals surface area contributed by atoms with Crippen molar-refractivity contribution in [2.24, 2.45) is 0 Å². The molecule has 3 rings (SSSR count). The van der Waals surface area contributed by atoms with Crippen molar-refractivity contribution in [2.45, 2.75) is 36.0 Å². The maximum atomic E-state index is 12.7. The van der Waals surface area contributed by atoms with Crippen LogP contribution in [0.1, 0.15) is 25.3 Å². The van der Waals surface area contributed by atoms with E-state index in [0.717, 1.165) is 37.2 Å². The van der Waals surface area contributed by atoms with E-state index in [-0.39, 0.29) is 4.93 Å². The van der Waals surface area contributed by atoms with E-state index in [1.165, 1.54) is 0 Å². The van der Waals surface area contributed by atoms with Gasteiger partial charge in [-0.1, -0.05) is 19.1 Å². The maximum Gasteiger partial charge on any atom is 0.243 e. The van der Waals surface area contributed by atoms with Gasteiger partial charge in [0.25, 0.3) is 0 Å². The van der Waals surface area contributed by atoms with Gasteiger partial charge in [0.05, 0.1) is 11.5 Å². The average molecular weight is 327 g/mol. The number of benzene rings is 1. The van der Waals surface area contributed by atoms with Crippen LogP contribution in [0.4, 0.5) is 0 Å². The van der Waals surface area contributed by atoms with E-state index in [0.29, 0.717) is 18.0 Å². The first-order valence-electron chi connectivity index (χ1n) is 7.43. The Labute approximate surface area is 130 Å². The van der Waals surface area contributed by atoms with E-state index in [9.17, 15) is 8.42 Å². The van der Waals surface area contributed by atoms with Crippen LogP contribution in [0.3, 0.4) is 0 Å². The summed E-state index contributed by atoms with van der Waals surface area (Å²) in [5.41, 5.74) is 1.15. The van der Waals surface area contributed by atoms with E-state index in [4.69, 9.17) is 4.74 Å². The fourth-order valence-electron chi connectivity index (χ4n) is 2.90. The second kappa shape index (κ2) is 5.91. The van der Waals surface area contributed by atoms with Crippen LogP contribution in [0.25, 0.3) is 0 Å². The third kappa shape index (κ3) is 2.99. The highest BCUT2D eigenvalue weighted by Gasteiger charge is 2.42. The summed E-state index contributed by atoms with van der Waals surface area (Å²) in [6.07, 6.45) is 2.48. The summed E-state index contributed by atoms with van der Waals surface area (Å²) in [7, 11) is -3.36. The molecule has 0 aliphatic carbocycles. The topological polar surface area (TPSA) is 46.6 Å². The quantitative estimate of drug-likeness (QED) is 0.856. The van der Waals surface area contributed by atoms with Gasteiger partial charge in [-0.25, -0.2) is 8.42 Å². The van der Waals surface area contributed by atoms with Gasteiger partial charge in [0.15, 0.2) is 0 Å². The van der Waals surface area contributed by atoms with Crippen LogP contribution in [0.5, 0.6) is 0 Å². The first-order chi connectivity index (χ1) is 10.1. The fraction of sp³-hybridized carbons (Fsp3) is 0.600. The second-order valence-corrected chi connectivity index (χ2v) is 8.89. The smallest absolute Gasteiger partial charge is 0.243 e. The highest BCUT2D eigenvalue weighted by atomic mass is 32.2. The lowest BCUT2D eigenvalue weighted by molar-refractivity contribution is 0.0162. The molecule has 116 valence electrons. The van der Waals surface area contributed by atoms with Gasteiger partial charge in [0.2, 0.25) is 10.0 Å². The van der Waals surface area contributed by atoms with Gasteiger partial charge < -0.3 is 4.74 Å². The Morgan fingerprint density at radius 1 is 1.24 bits per heavy atom. The third-order valence-electron chi connectivity index (χ3n) is 4.27. The minimum absolute atomic E-state index is 0.127. The molecule has 1 aromatic rings. The molecule has 0 amide bonds. The number of thioether (sulfide) groups is 1. The van der Waals surface area contributed by atoms with Gasteiger partial charge in [0, 0.05) is 18.8 Å². The second-order valence-electron chi connectivity index (χ2n) is 5.51. The molecular formula is C15H21NO3S2. The predicted molar refractivity (Wildman–Crippen MR) is 85.0 cm³/mol. The van der Waals surface area contributed by atoms with Crippen molar-refractivity contribution in [3.05, 3.63) is 29.8 Å². The highest BCUT2D eigenvalue weighted by Crippen LogP contribution is 2.42. The van der Waals surface area contributed by atoms with Crippen molar-refractivity contribution < 1.29 is 13.2 Å². The van der Waals surface area contributed by atoms with Crippen LogP contribution >= 0.6 is 11.8 Å². The molecule has 2 fully saturated rings. The van der Waals surface area contributed by atoms with Crippen molar-refractivity contribution >= 4 is 21.8 Å². The standard InChI is InChI=1S/C15H21NO3S2/c1-2-13-3-5-14(6-4-13)21(17,18)16-9-7-15(8-10-16)19-11-12-20-15/h3-6H,2,7-12H2,1H3. The van der Waals surface area contributed by atoms with Crippen LogP contribution in [0.2, 0.25) is 0 Å². The molecule has 4 nitrogen and oxygen atoms in total. The summed E-state index contributed by atoms with van der Waals surface area (Å²) in [6, 6.07) is 7.24. The summed E-state index contributed by atoms with van der Waals surface area (Å²) < 4.78 is 32.8. The number of rotatable bonds is 3. The number of ether oxygens (including phenoxy) is 1. The van der Waals surface area contributed by atoms with Crippen LogP contribution in [-0.2, 0) is 21.2 Å². The van der Waals surface area contributed by atoms with Crippen molar-refractivity contribution in [1.29, 1.82) is 0 Å². The molecule has 0 saturated carbocycles. The Morgan fingerprint density at radius 2 is 1.90 bits per heavy atom. The Hall–Kier alpha value is -0.560. The number of hydrogen-bond donors (Lipinski definition) is 0. The third-order valence-corrected chi connectivity index (χ3v) is 7.60. The molecule has 0 bridgehead atoms. The molecule has 2 saturated heterocycles. The van der Waals surface area contributed by atoms with Gasteiger partial charge in [-0.2, -0.15) is 4.31 Å². The van der Waals surface area contributed by atoms with Gasteiger partial charge in [0.1, 0.15) is 4.93 Å². The summed E-state index contributed by atoms with van der Waals surface area (Å²) in [4.78, 5) is 0.272. The Bertz CT molecular complexity index is 582. The number of nitrogens with zero attached hydrogens (tertiary/aromatic N) is 1. The first kappa shape index (κ1) is 15.3. The number of aryl methyl sites for hydroxylation is 1. The summed E-state index contributed by atoms with van der Waals surface area (Å²) in [6.45, 7) is 3.94. The highest BCUT2D eigenvalue weighted by molar-refractivity contribution is 8.00. The lowest BCUT2D eigenvalue weighted by atomic mass is 10.1. The first-order valence-corrected chi connectivity index (χ1v) is 9.85. The molecule has 0 aromatic heterocycles. The van der Waals surface area contributed by atoms with Crippen molar-refractivity contribution in [3.63, 3.8) is 0 Å². The molecule has 1 spiro atoms. The van der Waals surface area contributed by atoms with Gasteiger partial charge in [-0.3, -0.25) is 0 Å². The predicted octanol–water partition coefficient (Wildman–Crippen LogP) is 2.49. The molecule has 0 N–H and O–H groups in total. The molecule has 0 atom stereocenters. The minimum Gasteiger partial charge on any atom is -0.363 e. The van der Waals surface area contributed by atoms with Crippen LogP contribution < -0.4 is 0 Å². The summed E-state index contributed by atoms with van der Waals surface area (Å²) in [5, 5.41) is 0.